The summed E-state index contributed by atoms with van der Waals surface area (Å²) in [6.07, 6.45) is 2.00. The van der Waals surface area contributed by atoms with Gasteiger partial charge in [-0.05, 0) is 18.4 Å². The number of fused-ring (bicyclic) bond motifs is 1. The maximum absolute atomic E-state index is 13.1. The molecule has 0 saturated carbocycles. The van der Waals surface area contributed by atoms with Crippen LogP contribution in [0.3, 0.4) is 0 Å². The van der Waals surface area contributed by atoms with Gasteiger partial charge in [0.15, 0.2) is 0 Å². The van der Waals surface area contributed by atoms with Crippen LogP contribution in [0.25, 0.3) is 0 Å². The fraction of sp³-hybridized carbons (Fsp3) is 0.545. The van der Waals surface area contributed by atoms with Gasteiger partial charge in [-0.15, -0.1) is 11.3 Å². The first kappa shape index (κ1) is 18.3. The summed E-state index contributed by atoms with van der Waals surface area (Å²) in [7, 11) is 0. The summed E-state index contributed by atoms with van der Waals surface area (Å²) in [6, 6.07) is 11.0. The molecule has 3 atom stereocenters. The highest BCUT2D eigenvalue weighted by atomic mass is 32.1. The zero-order valence-electron chi connectivity index (χ0n) is 16.4. The Morgan fingerprint density at radius 3 is 2.61 bits per heavy atom. The fourth-order valence-corrected chi connectivity index (χ4v) is 6.41. The Kier molecular flexibility index (Phi) is 4.73. The standard InChI is InChI=1S/C22H28N4OS/c1-2-6-19-23-18(13-28-19)21(27)24-20-16-11-25-9-10-26(12-16)15-22(20,14-25)17-7-4-3-5-8-17/h3-5,7-8,13,16,20H,2,6,9-12,14-15H2,1H3,(H,24,27). The van der Waals surface area contributed by atoms with Crippen LogP contribution in [-0.2, 0) is 11.8 Å². The van der Waals surface area contributed by atoms with Crippen LogP contribution in [0.5, 0.6) is 0 Å². The van der Waals surface area contributed by atoms with E-state index in [1.165, 1.54) is 5.56 Å². The van der Waals surface area contributed by atoms with E-state index in [2.05, 4.69) is 57.4 Å². The third-order valence-corrected chi connectivity index (χ3v) is 7.59. The number of thiazole rings is 1. The Balaban J connectivity index is 1.47. The number of piperidine rings is 2. The Hall–Kier alpha value is -1.76. The van der Waals surface area contributed by atoms with Gasteiger partial charge in [0.1, 0.15) is 5.69 Å². The van der Waals surface area contributed by atoms with Gasteiger partial charge in [0.2, 0.25) is 0 Å². The number of hydrogen-bond acceptors (Lipinski definition) is 5. The van der Waals surface area contributed by atoms with Gasteiger partial charge in [-0.25, -0.2) is 4.98 Å². The number of benzene rings is 1. The zero-order valence-corrected chi connectivity index (χ0v) is 17.3. The van der Waals surface area contributed by atoms with E-state index >= 15 is 0 Å². The van der Waals surface area contributed by atoms with Gasteiger partial charge in [-0.3, -0.25) is 4.79 Å². The molecule has 5 nitrogen and oxygen atoms in total. The number of nitrogens with zero attached hydrogens (tertiary/aromatic N) is 3. The molecule has 4 saturated heterocycles. The first-order chi connectivity index (χ1) is 13.7. The average Bonchev–Trinajstić information content (AvgIpc) is 3.03. The normalized spacial score (nSPS) is 33.6. The molecule has 6 rings (SSSR count). The lowest BCUT2D eigenvalue weighted by atomic mass is 9.64. The molecule has 1 aromatic carbocycles. The summed E-state index contributed by atoms with van der Waals surface area (Å²) in [4.78, 5) is 22.9. The topological polar surface area (TPSA) is 48.5 Å². The van der Waals surface area contributed by atoms with E-state index in [1.54, 1.807) is 11.3 Å². The van der Waals surface area contributed by atoms with Crippen molar-refractivity contribution >= 4 is 17.2 Å². The van der Waals surface area contributed by atoms with Crippen molar-refractivity contribution in [1.29, 1.82) is 0 Å². The molecule has 5 heterocycles. The van der Waals surface area contributed by atoms with Crippen LogP contribution in [0.4, 0.5) is 0 Å². The first-order valence-electron chi connectivity index (χ1n) is 10.4. The number of carbonyl (C=O) groups is 1. The molecule has 1 amide bonds. The predicted octanol–water partition coefficient (Wildman–Crippen LogP) is 2.39. The molecule has 4 aliphatic heterocycles. The van der Waals surface area contributed by atoms with Crippen molar-refractivity contribution in [2.24, 2.45) is 5.92 Å². The molecule has 148 valence electrons. The summed E-state index contributed by atoms with van der Waals surface area (Å²) in [5.74, 6) is 0.456. The fourth-order valence-electron chi connectivity index (χ4n) is 5.53. The SMILES string of the molecule is CCCc1nc(C(=O)NC2C3CN4CCN(C3)CC2(c2ccccc2)C4)cs1. The van der Waals surface area contributed by atoms with E-state index in [-0.39, 0.29) is 17.4 Å². The van der Waals surface area contributed by atoms with E-state index in [4.69, 9.17) is 0 Å². The van der Waals surface area contributed by atoms with Crippen LogP contribution in [0, 0.1) is 5.92 Å². The highest BCUT2D eigenvalue weighted by Crippen LogP contribution is 2.43. The highest BCUT2D eigenvalue weighted by Gasteiger charge is 2.55. The Bertz CT molecular complexity index is 835. The van der Waals surface area contributed by atoms with Crippen molar-refractivity contribution in [3.8, 4) is 0 Å². The highest BCUT2D eigenvalue weighted by molar-refractivity contribution is 7.09. The minimum Gasteiger partial charge on any atom is -0.347 e. The summed E-state index contributed by atoms with van der Waals surface area (Å²) in [6.45, 7) is 8.62. The second kappa shape index (κ2) is 7.25. The third-order valence-electron chi connectivity index (χ3n) is 6.68. The molecule has 4 bridgehead atoms. The second-order valence-corrected chi connectivity index (χ2v) is 9.52. The Morgan fingerprint density at radius 2 is 1.93 bits per heavy atom. The van der Waals surface area contributed by atoms with Gasteiger partial charge >= 0.3 is 0 Å². The number of amides is 1. The minimum atomic E-state index is -0.0448. The molecule has 4 aliphatic rings. The van der Waals surface area contributed by atoms with Crippen molar-refractivity contribution in [3.63, 3.8) is 0 Å². The van der Waals surface area contributed by atoms with E-state index < -0.39 is 0 Å². The second-order valence-electron chi connectivity index (χ2n) is 8.58. The van der Waals surface area contributed by atoms with E-state index in [1.807, 2.05) is 5.38 Å². The number of carbonyl (C=O) groups excluding carboxylic acids is 1. The maximum atomic E-state index is 13.1. The smallest absolute Gasteiger partial charge is 0.271 e. The van der Waals surface area contributed by atoms with E-state index in [0.29, 0.717) is 11.6 Å². The first-order valence-corrected chi connectivity index (χ1v) is 11.3. The van der Waals surface area contributed by atoms with Gasteiger partial charge < -0.3 is 15.1 Å². The summed E-state index contributed by atoms with van der Waals surface area (Å²) in [5.41, 5.74) is 1.90. The van der Waals surface area contributed by atoms with Crippen molar-refractivity contribution in [3.05, 3.63) is 52.0 Å². The molecule has 1 N–H and O–H groups in total. The molecular formula is C22H28N4OS. The average molecular weight is 397 g/mol. The molecule has 28 heavy (non-hydrogen) atoms. The Labute approximate surface area is 170 Å². The number of hydrogen-bond donors (Lipinski definition) is 1. The lowest BCUT2D eigenvalue weighted by Crippen LogP contribution is -2.70. The summed E-state index contributed by atoms with van der Waals surface area (Å²) >= 11 is 1.60. The van der Waals surface area contributed by atoms with Crippen molar-refractivity contribution in [2.45, 2.75) is 31.2 Å². The molecule has 4 fully saturated rings. The van der Waals surface area contributed by atoms with Crippen LogP contribution in [-0.4, -0.2) is 66.0 Å². The van der Waals surface area contributed by atoms with Gasteiger partial charge in [0.25, 0.3) is 5.91 Å². The molecule has 0 radical (unpaired) electrons. The van der Waals surface area contributed by atoms with Crippen molar-refractivity contribution in [1.82, 2.24) is 20.1 Å². The van der Waals surface area contributed by atoms with Gasteiger partial charge in [0, 0.05) is 62.0 Å². The van der Waals surface area contributed by atoms with Gasteiger partial charge in [-0.1, -0.05) is 37.3 Å². The molecule has 2 aromatic rings. The lowest BCUT2D eigenvalue weighted by Gasteiger charge is -2.55. The van der Waals surface area contributed by atoms with Crippen LogP contribution < -0.4 is 5.32 Å². The molecule has 1 aromatic heterocycles. The monoisotopic (exact) mass is 396 g/mol. The summed E-state index contributed by atoms with van der Waals surface area (Å²) < 4.78 is 0. The van der Waals surface area contributed by atoms with Crippen LogP contribution in [0.2, 0.25) is 0 Å². The number of nitrogens with one attached hydrogen (secondary N) is 1. The van der Waals surface area contributed by atoms with Crippen LogP contribution >= 0.6 is 11.3 Å². The number of rotatable bonds is 5. The lowest BCUT2D eigenvalue weighted by molar-refractivity contribution is 0.0179. The third kappa shape index (κ3) is 3.08. The molecule has 0 aliphatic carbocycles. The van der Waals surface area contributed by atoms with E-state index in [0.717, 1.165) is 57.1 Å². The number of aryl methyl sites for hydroxylation is 1. The van der Waals surface area contributed by atoms with E-state index in [9.17, 15) is 4.79 Å². The zero-order chi connectivity index (χ0) is 19.1. The molecular weight excluding hydrogens is 368 g/mol. The van der Waals surface area contributed by atoms with Gasteiger partial charge in [0.05, 0.1) is 5.01 Å². The maximum Gasteiger partial charge on any atom is 0.271 e. The van der Waals surface area contributed by atoms with Crippen molar-refractivity contribution < 1.29 is 4.79 Å². The van der Waals surface area contributed by atoms with Gasteiger partial charge in [-0.2, -0.15) is 0 Å². The number of aromatic nitrogens is 1. The predicted molar refractivity (Wildman–Crippen MR) is 112 cm³/mol. The largest absolute Gasteiger partial charge is 0.347 e. The van der Waals surface area contributed by atoms with Crippen LogP contribution in [0.15, 0.2) is 35.7 Å². The Morgan fingerprint density at radius 1 is 1.21 bits per heavy atom. The van der Waals surface area contributed by atoms with Crippen molar-refractivity contribution in [2.75, 3.05) is 39.3 Å². The molecule has 0 spiro atoms. The molecule has 6 heteroatoms. The summed E-state index contributed by atoms with van der Waals surface area (Å²) in [5, 5.41) is 6.43. The van der Waals surface area contributed by atoms with Crippen LogP contribution in [0.1, 0.15) is 34.4 Å². The minimum absolute atomic E-state index is 0.00458. The quantitative estimate of drug-likeness (QED) is 0.843. The molecule has 3 unspecified atom stereocenters.